The summed E-state index contributed by atoms with van der Waals surface area (Å²) >= 11 is 1.85. The lowest BCUT2D eigenvalue weighted by Gasteiger charge is -2.40. The molecule has 58 heavy (non-hydrogen) atoms. The molecule has 7 aromatic carbocycles. The van der Waals surface area contributed by atoms with Gasteiger partial charge in [-0.2, -0.15) is 0 Å². The Morgan fingerprint density at radius 2 is 1.16 bits per heavy atom. The van der Waals surface area contributed by atoms with Gasteiger partial charge >= 0.3 is 0 Å². The summed E-state index contributed by atoms with van der Waals surface area (Å²) in [7, 11) is -2.82. The van der Waals surface area contributed by atoms with E-state index in [0.29, 0.717) is 11.1 Å². The van der Waals surface area contributed by atoms with Crippen LogP contribution >= 0.6 is 11.8 Å². The van der Waals surface area contributed by atoms with Gasteiger partial charge in [0.05, 0.1) is 16.6 Å². The highest BCUT2D eigenvalue weighted by Gasteiger charge is 2.47. The third-order valence-electron chi connectivity index (χ3n) is 12.1. The molecule has 12 rings (SSSR count). The van der Waals surface area contributed by atoms with Crippen molar-refractivity contribution in [3.8, 4) is 5.82 Å². The molecule has 0 radical (unpaired) electrons. The lowest BCUT2D eigenvalue weighted by molar-refractivity contribution is 0.402. The third-order valence-corrected chi connectivity index (χ3v) is 18.4. The van der Waals surface area contributed by atoms with E-state index in [1.54, 1.807) is 0 Å². The van der Waals surface area contributed by atoms with E-state index < -0.39 is 14.2 Å². The second-order valence-electron chi connectivity index (χ2n) is 15.1. The third kappa shape index (κ3) is 4.74. The van der Waals surface area contributed by atoms with E-state index in [4.69, 9.17) is 9.97 Å². The van der Waals surface area contributed by atoms with Crippen LogP contribution in [0, 0.1) is 0 Å². The molecule has 7 heteroatoms. The van der Waals surface area contributed by atoms with Crippen molar-refractivity contribution in [3.63, 3.8) is 0 Å². The molecule has 5 heterocycles. The zero-order valence-electron chi connectivity index (χ0n) is 31.1. The van der Waals surface area contributed by atoms with Crippen molar-refractivity contribution < 1.29 is 4.39 Å². The van der Waals surface area contributed by atoms with Crippen LogP contribution in [0.1, 0.15) is 17.3 Å². The maximum Gasteiger partial charge on any atom is 0.181 e. The number of hydrogen-bond donors (Lipinski definition) is 0. The van der Waals surface area contributed by atoms with Crippen molar-refractivity contribution in [2.75, 3.05) is 0 Å². The van der Waals surface area contributed by atoms with Crippen LogP contribution in [0.2, 0.25) is 0 Å². The summed E-state index contributed by atoms with van der Waals surface area (Å²) in [5.74, 6) is 0.796. The molecule has 0 fully saturated rings. The number of imidazole rings is 1. The van der Waals surface area contributed by atoms with Gasteiger partial charge in [-0.3, -0.25) is 8.97 Å². The average molecular weight is 781 g/mol. The number of para-hydroxylation sites is 1. The highest BCUT2D eigenvalue weighted by atomic mass is 32.2. The largest absolute Gasteiger partial charge is 0.299 e. The van der Waals surface area contributed by atoms with E-state index in [9.17, 15) is 0 Å². The van der Waals surface area contributed by atoms with Gasteiger partial charge in [-0.25, -0.2) is 14.4 Å². The van der Waals surface area contributed by atoms with Gasteiger partial charge < -0.3 is 0 Å². The predicted molar refractivity (Wildman–Crippen MR) is 239 cm³/mol. The van der Waals surface area contributed by atoms with Crippen molar-refractivity contribution in [1.29, 1.82) is 0 Å². The van der Waals surface area contributed by atoms with Crippen LogP contribution < -0.4 is 20.7 Å². The van der Waals surface area contributed by atoms with Crippen molar-refractivity contribution >= 4 is 89.7 Å². The zero-order chi connectivity index (χ0) is 38.4. The lowest BCUT2D eigenvalue weighted by Crippen LogP contribution is -2.76. The number of alkyl halides is 1. The van der Waals surface area contributed by atoms with Gasteiger partial charge in [-0.15, -0.1) is 0 Å². The van der Waals surface area contributed by atoms with Gasteiger partial charge in [-0.1, -0.05) is 139 Å². The topological polar surface area (TPSA) is 35.1 Å². The predicted octanol–water partition coefficient (Wildman–Crippen LogP) is 10.0. The minimum Gasteiger partial charge on any atom is -0.299 e. The summed E-state index contributed by atoms with van der Waals surface area (Å²) < 4.78 is 21.5. The van der Waals surface area contributed by atoms with Crippen molar-refractivity contribution in [2.24, 2.45) is 0 Å². The Balaban J connectivity index is 1.10. The molecule has 0 aliphatic carbocycles. The molecule has 0 saturated carbocycles. The van der Waals surface area contributed by atoms with Gasteiger partial charge in [0, 0.05) is 49.9 Å². The minimum atomic E-state index is -2.82. The number of halogens is 1. The van der Waals surface area contributed by atoms with Crippen LogP contribution in [-0.2, 0) is 0 Å². The Morgan fingerprint density at radius 1 is 0.483 bits per heavy atom. The van der Waals surface area contributed by atoms with Crippen LogP contribution in [0.4, 0.5) is 4.39 Å². The molecule has 0 amide bonds. The molecule has 0 bridgehead atoms. The summed E-state index contributed by atoms with van der Waals surface area (Å²) in [5, 5.41) is 10.7. The van der Waals surface area contributed by atoms with Crippen LogP contribution in [-0.4, -0.2) is 27.0 Å². The standard InChI is InChI=1S/C51H33FN4SSi/c52-50(33-22-24-37-38-17-7-8-18-42(38)55-28-27-54-51(55)41(37)29-33)34-23-25-39-40-31-46-48(32-44(40)56(43(39)30-34)49-21-11-12-26-53-49)58(35-13-3-1-4-14-35,36-15-5-2-6-16-36)47-20-10-9-19-45(47)57-46/h1-32,50H. The Bertz CT molecular complexity index is 3360. The smallest absolute Gasteiger partial charge is 0.181 e. The highest BCUT2D eigenvalue weighted by molar-refractivity contribution is 8.00. The van der Waals surface area contributed by atoms with E-state index in [2.05, 4.69) is 124 Å². The van der Waals surface area contributed by atoms with Gasteiger partial charge in [0.25, 0.3) is 0 Å². The summed E-state index contributed by atoms with van der Waals surface area (Å²) in [5.41, 5.74) is 5.07. The Hall–Kier alpha value is -6.80. The summed E-state index contributed by atoms with van der Waals surface area (Å²) in [6.07, 6.45) is 4.26. The fourth-order valence-corrected chi connectivity index (χ4v) is 16.5. The number of aromatic nitrogens is 4. The van der Waals surface area contributed by atoms with E-state index in [1.165, 1.54) is 30.5 Å². The second kappa shape index (κ2) is 12.9. The number of pyridine rings is 2. The van der Waals surface area contributed by atoms with Crippen LogP contribution in [0.25, 0.3) is 54.9 Å². The molecular weight excluding hydrogens is 748 g/mol. The minimum absolute atomic E-state index is 0.593. The fraction of sp³-hybridized carbons (Fsp3) is 0.0196. The quantitative estimate of drug-likeness (QED) is 0.129. The Labute approximate surface area is 338 Å². The van der Waals surface area contributed by atoms with E-state index in [-0.39, 0.29) is 0 Å². The van der Waals surface area contributed by atoms with Crippen molar-refractivity contribution in [2.45, 2.75) is 16.0 Å². The first-order valence-corrected chi connectivity index (χ1v) is 22.3. The molecule has 4 nitrogen and oxygen atoms in total. The van der Waals surface area contributed by atoms with Crippen LogP contribution in [0.5, 0.6) is 0 Å². The highest BCUT2D eigenvalue weighted by Crippen LogP contribution is 2.41. The van der Waals surface area contributed by atoms with Crippen molar-refractivity contribution in [3.05, 3.63) is 206 Å². The second-order valence-corrected chi connectivity index (χ2v) is 19.9. The Kier molecular flexibility index (Phi) is 7.39. The number of nitrogens with zero attached hydrogens (tertiary/aromatic N) is 4. The molecule has 1 aliphatic rings. The van der Waals surface area contributed by atoms with E-state index >= 15 is 4.39 Å². The van der Waals surface area contributed by atoms with Crippen LogP contribution in [0.3, 0.4) is 0 Å². The molecule has 274 valence electrons. The average Bonchev–Trinajstić information content (AvgIpc) is 3.91. The molecule has 0 spiro atoms. The molecule has 1 atom stereocenters. The van der Waals surface area contributed by atoms with Gasteiger partial charge in [0.15, 0.2) is 14.2 Å². The fourth-order valence-electron chi connectivity index (χ4n) is 9.56. The lowest BCUT2D eigenvalue weighted by atomic mass is 9.97. The molecule has 4 aromatic heterocycles. The van der Waals surface area contributed by atoms with E-state index in [0.717, 1.165) is 54.9 Å². The number of benzene rings is 7. The molecular formula is C51H33FN4SSi. The summed E-state index contributed by atoms with van der Waals surface area (Å²) in [6.45, 7) is 0. The maximum absolute atomic E-state index is 17.2. The molecule has 0 N–H and O–H groups in total. The van der Waals surface area contributed by atoms with Gasteiger partial charge in [0.1, 0.15) is 11.5 Å². The monoisotopic (exact) mass is 780 g/mol. The number of hydrogen-bond acceptors (Lipinski definition) is 3. The van der Waals surface area contributed by atoms with E-state index in [1.807, 2.05) is 91.0 Å². The first-order valence-electron chi connectivity index (χ1n) is 19.5. The molecule has 0 saturated heterocycles. The first kappa shape index (κ1) is 33.3. The number of fused-ring (bicyclic) bond motifs is 11. The van der Waals surface area contributed by atoms with Crippen LogP contribution in [0.15, 0.2) is 204 Å². The summed E-state index contributed by atoms with van der Waals surface area (Å²) in [4.78, 5) is 12.2. The normalized spacial score (nSPS) is 13.9. The van der Waals surface area contributed by atoms with Gasteiger partial charge in [0.2, 0.25) is 0 Å². The molecule has 11 aromatic rings. The summed E-state index contributed by atoms with van der Waals surface area (Å²) in [6, 6.07) is 62.3. The zero-order valence-corrected chi connectivity index (χ0v) is 32.9. The van der Waals surface area contributed by atoms with Crippen molar-refractivity contribution in [1.82, 2.24) is 18.9 Å². The molecule has 1 aliphatic heterocycles. The Morgan fingerprint density at radius 3 is 1.95 bits per heavy atom. The first-order chi connectivity index (χ1) is 28.7. The van der Waals surface area contributed by atoms with Gasteiger partial charge in [-0.05, 0) is 85.8 Å². The number of rotatable bonds is 5. The SMILES string of the molecule is FC(c1ccc2c3ccccc3n3ccnc3c2c1)c1ccc2c3cc4c(cc3n(-c3ccccn3)c2c1)[Si](c1ccccc1)(c1ccccc1)c1ccccc1S4. The maximum atomic E-state index is 17.2. The molecule has 1 unspecified atom stereocenters.